The number of aromatic hydroxyl groups is 2. The molecule has 51 heavy (non-hydrogen) atoms. The minimum atomic E-state index is -2.18. The number of nitrogens with two attached hydrogens (primary N) is 1. The standard InChI is InChI=1S/C34H33Cl2N3O11.ClH/c1-13-28(41)19(37)9-23(49-13)50-21-11-34(47,22(12-40)38-39-33(46)14-6-7-17(35)18(36)8-14)10-16-25(21)32(45)27-26(30(16)43)29(42)15-4-3-5-20(48-2)24(15)31(27)44;/h3-8,13,19,21,23,28,40-41,43,45,47H,9-12,37H2,1-2H3,(H,39,46);1H/t13?,19?,21-,23?,28?,34-;/m0./s1. The molecule has 6 rings (SSSR count). The number of carbonyl (C=O) groups is 3. The van der Waals surface area contributed by atoms with Crippen LogP contribution in [-0.4, -0.2) is 92.6 Å². The number of rotatable bonds is 7. The molecule has 3 aliphatic rings. The Labute approximate surface area is 307 Å². The van der Waals surface area contributed by atoms with Crippen LogP contribution in [0.3, 0.4) is 0 Å². The third-order valence-electron chi connectivity index (χ3n) is 9.30. The van der Waals surface area contributed by atoms with Gasteiger partial charge in [0.05, 0.1) is 64.5 Å². The lowest BCUT2D eigenvalue weighted by Crippen LogP contribution is -2.53. The average Bonchev–Trinajstić information content (AvgIpc) is 3.08. The summed E-state index contributed by atoms with van der Waals surface area (Å²) in [6.07, 6.45) is -5.31. The predicted molar refractivity (Wildman–Crippen MR) is 185 cm³/mol. The van der Waals surface area contributed by atoms with E-state index in [9.17, 15) is 39.9 Å². The van der Waals surface area contributed by atoms with Gasteiger partial charge < -0.3 is 45.5 Å². The number of nitrogens with zero attached hydrogens (tertiary/aromatic N) is 1. The molecule has 1 fully saturated rings. The second kappa shape index (κ2) is 14.7. The van der Waals surface area contributed by atoms with Crippen LogP contribution in [0.1, 0.15) is 79.2 Å². The number of methoxy groups -OCH3 is 1. The van der Waals surface area contributed by atoms with Gasteiger partial charge in [-0.2, -0.15) is 5.10 Å². The van der Waals surface area contributed by atoms with Crippen molar-refractivity contribution >= 4 is 58.8 Å². The van der Waals surface area contributed by atoms with Crippen LogP contribution in [0.15, 0.2) is 41.5 Å². The molecule has 6 atom stereocenters. The number of halogens is 3. The minimum absolute atomic E-state index is 0. The number of phenols is 2. The van der Waals surface area contributed by atoms with Gasteiger partial charge in [0.2, 0.25) is 5.78 Å². The van der Waals surface area contributed by atoms with E-state index in [1.54, 1.807) is 6.92 Å². The van der Waals surface area contributed by atoms with Crippen LogP contribution in [0, 0.1) is 0 Å². The van der Waals surface area contributed by atoms with Crippen molar-refractivity contribution in [3.05, 3.63) is 85.4 Å². The van der Waals surface area contributed by atoms with Crippen LogP contribution in [0.2, 0.25) is 10.0 Å². The number of carbonyl (C=O) groups excluding carboxylic acids is 3. The molecule has 1 heterocycles. The monoisotopic (exact) mass is 765 g/mol. The molecule has 1 aliphatic heterocycles. The van der Waals surface area contributed by atoms with E-state index in [0.29, 0.717) is 0 Å². The Bertz CT molecular complexity index is 1950. The van der Waals surface area contributed by atoms with E-state index in [1.807, 2.05) is 0 Å². The molecule has 14 nitrogen and oxygen atoms in total. The molecule has 2 aliphatic carbocycles. The molecule has 0 aromatic heterocycles. The molecule has 3 aromatic rings. The van der Waals surface area contributed by atoms with E-state index >= 15 is 0 Å². The minimum Gasteiger partial charge on any atom is -0.507 e. The Morgan fingerprint density at radius 3 is 2.45 bits per heavy atom. The van der Waals surface area contributed by atoms with Gasteiger partial charge in [-0.1, -0.05) is 35.3 Å². The molecule has 0 radical (unpaired) electrons. The largest absolute Gasteiger partial charge is 0.507 e. The summed E-state index contributed by atoms with van der Waals surface area (Å²) in [5.74, 6) is -3.66. The Hall–Kier alpha value is -3.83. The highest BCUT2D eigenvalue weighted by molar-refractivity contribution is 6.42. The van der Waals surface area contributed by atoms with Crippen molar-refractivity contribution in [2.75, 3.05) is 13.7 Å². The van der Waals surface area contributed by atoms with Crippen LogP contribution in [0.5, 0.6) is 17.2 Å². The number of amides is 1. The quantitative estimate of drug-likeness (QED) is 0.0818. The maximum absolute atomic E-state index is 13.9. The lowest BCUT2D eigenvalue weighted by Gasteiger charge is -2.43. The van der Waals surface area contributed by atoms with Crippen molar-refractivity contribution in [3.8, 4) is 17.2 Å². The van der Waals surface area contributed by atoms with E-state index in [2.05, 4.69) is 10.5 Å². The van der Waals surface area contributed by atoms with Gasteiger partial charge in [-0.25, -0.2) is 5.43 Å². The highest BCUT2D eigenvalue weighted by Crippen LogP contribution is 2.52. The highest BCUT2D eigenvalue weighted by atomic mass is 35.5. The highest BCUT2D eigenvalue weighted by Gasteiger charge is 2.49. The van der Waals surface area contributed by atoms with E-state index in [-0.39, 0.29) is 68.2 Å². The number of aliphatic hydroxyl groups excluding tert-OH is 2. The van der Waals surface area contributed by atoms with Crippen LogP contribution in [-0.2, 0) is 15.9 Å². The van der Waals surface area contributed by atoms with Crippen molar-refractivity contribution in [3.63, 3.8) is 0 Å². The van der Waals surface area contributed by atoms with E-state index < -0.39 is 95.8 Å². The van der Waals surface area contributed by atoms with E-state index in [4.69, 9.17) is 43.1 Å². The number of benzene rings is 3. The molecular formula is C34H34Cl3N3O11. The Morgan fingerprint density at radius 2 is 1.80 bits per heavy atom. The van der Waals surface area contributed by atoms with Crippen LogP contribution in [0.4, 0.5) is 0 Å². The topological polar surface area (TPSA) is 230 Å². The smallest absolute Gasteiger partial charge is 0.271 e. The molecule has 3 aromatic carbocycles. The molecular weight excluding hydrogens is 733 g/mol. The summed E-state index contributed by atoms with van der Waals surface area (Å²) in [6.45, 7) is 0.684. The van der Waals surface area contributed by atoms with Gasteiger partial charge in [0.25, 0.3) is 5.91 Å². The zero-order valence-corrected chi connectivity index (χ0v) is 29.4. The summed E-state index contributed by atoms with van der Waals surface area (Å²) < 4.78 is 17.4. The molecule has 1 amide bonds. The summed E-state index contributed by atoms with van der Waals surface area (Å²) >= 11 is 12.0. The number of hydrazone groups is 1. The second-order valence-electron chi connectivity index (χ2n) is 12.4. The van der Waals surface area contributed by atoms with Gasteiger partial charge in [-0.15, -0.1) is 12.4 Å². The van der Waals surface area contributed by atoms with Crippen molar-refractivity contribution < 1.29 is 54.1 Å². The number of ether oxygens (including phenoxy) is 3. The third-order valence-corrected chi connectivity index (χ3v) is 10.0. The summed E-state index contributed by atoms with van der Waals surface area (Å²) in [4.78, 5) is 40.7. The number of fused-ring (bicyclic) bond motifs is 3. The van der Waals surface area contributed by atoms with Crippen LogP contribution < -0.4 is 15.9 Å². The molecule has 0 spiro atoms. The van der Waals surface area contributed by atoms with E-state index in [0.717, 1.165) is 0 Å². The first kappa shape index (κ1) is 38.4. The summed E-state index contributed by atoms with van der Waals surface area (Å²) in [5, 5.41) is 60.7. The first-order valence-electron chi connectivity index (χ1n) is 15.5. The Morgan fingerprint density at radius 1 is 1.10 bits per heavy atom. The fraction of sp³-hybridized carbons (Fsp3) is 0.353. The zero-order chi connectivity index (χ0) is 36.2. The summed E-state index contributed by atoms with van der Waals surface area (Å²) in [6, 6.07) is 7.66. The average molecular weight is 767 g/mol. The molecule has 0 bridgehead atoms. The normalized spacial score (nSPS) is 25.6. The second-order valence-corrected chi connectivity index (χ2v) is 13.2. The predicted octanol–water partition coefficient (Wildman–Crippen LogP) is 2.95. The van der Waals surface area contributed by atoms with Crippen molar-refractivity contribution in [2.24, 2.45) is 10.8 Å². The Balaban J connectivity index is 0.00000504. The molecule has 272 valence electrons. The van der Waals surface area contributed by atoms with Crippen LogP contribution >= 0.6 is 35.6 Å². The lowest BCUT2D eigenvalue weighted by molar-refractivity contribution is -0.245. The summed E-state index contributed by atoms with van der Waals surface area (Å²) in [5.41, 5.74) is 4.41. The molecule has 4 unspecified atom stereocenters. The van der Waals surface area contributed by atoms with Gasteiger partial charge >= 0.3 is 0 Å². The molecule has 0 saturated carbocycles. The van der Waals surface area contributed by atoms with Crippen molar-refractivity contribution in [2.45, 2.75) is 62.4 Å². The zero-order valence-electron chi connectivity index (χ0n) is 27.1. The van der Waals surface area contributed by atoms with E-state index in [1.165, 1.54) is 43.5 Å². The number of aliphatic hydroxyl groups is 3. The van der Waals surface area contributed by atoms with Gasteiger partial charge in [0.1, 0.15) is 22.8 Å². The first-order chi connectivity index (χ1) is 23.7. The number of ketones is 2. The fourth-order valence-electron chi connectivity index (χ4n) is 6.72. The lowest BCUT2D eigenvalue weighted by atomic mass is 9.71. The van der Waals surface area contributed by atoms with Gasteiger partial charge in [-0.3, -0.25) is 14.4 Å². The molecule has 17 heteroatoms. The first-order valence-corrected chi connectivity index (χ1v) is 16.2. The number of hydrogen-bond acceptors (Lipinski definition) is 13. The van der Waals surface area contributed by atoms with Gasteiger partial charge in [0.15, 0.2) is 12.1 Å². The van der Waals surface area contributed by atoms with Crippen molar-refractivity contribution in [1.82, 2.24) is 5.43 Å². The SMILES string of the molecule is COc1cccc2c1C(=O)c1c(O)c3c(c(O)c1C2=O)C[C@@](O)(C(CO)=NNC(=O)c1ccc(Cl)c(Cl)c1)C[C@@H]3OC1CC(N)C(O)C(C)O1.Cl. The maximum Gasteiger partial charge on any atom is 0.271 e. The van der Waals surface area contributed by atoms with Gasteiger partial charge in [-0.05, 0) is 31.2 Å². The molecule has 1 saturated heterocycles. The van der Waals surface area contributed by atoms with Crippen LogP contribution in [0.25, 0.3) is 0 Å². The van der Waals surface area contributed by atoms with Crippen molar-refractivity contribution in [1.29, 1.82) is 0 Å². The Kier molecular flexibility index (Phi) is 11.0. The third kappa shape index (κ3) is 6.67. The number of phenolic OH excluding ortho intramolecular Hbond substituents is 2. The number of nitrogens with one attached hydrogen (secondary N) is 1. The number of hydrogen-bond donors (Lipinski definition) is 7. The van der Waals surface area contributed by atoms with Gasteiger partial charge in [0, 0.05) is 47.6 Å². The molecule has 8 N–H and O–H groups in total. The summed E-state index contributed by atoms with van der Waals surface area (Å²) in [7, 11) is 1.32. The maximum atomic E-state index is 13.9. The fourth-order valence-corrected chi connectivity index (χ4v) is 7.02.